The van der Waals surface area contributed by atoms with Gasteiger partial charge in [0.25, 0.3) is 0 Å². The molecule has 0 aliphatic heterocycles. The second-order valence-electron chi connectivity index (χ2n) is 4.95. The predicted octanol–water partition coefficient (Wildman–Crippen LogP) is 3.56. The zero-order valence-corrected chi connectivity index (χ0v) is 12.6. The SMILES string of the molecule is Cc1cccc(CS(=O)(=O)CCC(C)CCCl)c1. The van der Waals surface area contributed by atoms with E-state index in [-0.39, 0.29) is 11.5 Å². The van der Waals surface area contributed by atoms with Crippen molar-refractivity contribution in [3.05, 3.63) is 35.4 Å². The minimum absolute atomic E-state index is 0.141. The summed E-state index contributed by atoms with van der Waals surface area (Å²) in [6.45, 7) is 4.02. The van der Waals surface area contributed by atoms with Crippen LogP contribution in [0, 0.1) is 12.8 Å². The first-order valence-electron chi connectivity index (χ1n) is 6.25. The second kappa shape index (κ2) is 7.15. The molecule has 0 spiro atoms. The first kappa shape index (κ1) is 15.5. The van der Waals surface area contributed by atoms with Gasteiger partial charge in [0.15, 0.2) is 9.84 Å². The van der Waals surface area contributed by atoms with Crippen LogP contribution in [0.4, 0.5) is 0 Å². The lowest BCUT2D eigenvalue weighted by molar-refractivity contribution is 0.534. The maximum Gasteiger partial charge on any atom is 0.154 e. The van der Waals surface area contributed by atoms with Crippen molar-refractivity contribution in [2.24, 2.45) is 5.92 Å². The van der Waals surface area contributed by atoms with Crippen LogP contribution in [0.3, 0.4) is 0 Å². The van der Waals surface area contributed by atoms with Crippen LogP contribution >= 0.6 is 11.6 Å². The number of aryl methyl sites for hydroxylation is 1. The van der Waals surface area contributed by atoms with E-state index in [4.69, 9.17) is 11.6 Å². The normalized spacial score (nSPS) is 13.5. The van der Waals surface area contributed by atoms with Gasteiger partial charge in [-0.3, -0.25) is 0 Å². The molecule has 0 amide bonds. The molecule has 2 nitrogen and oxygen atoms in total. The molecule has 4 heteroatoms. The molecule has 0 aromatic heterocycles. The Morgan fingerprint density at radius 1 is 1.28 bits per heavy atom. The molecule has 0 N–H and O–H groups in total. The number of halogens is 1. The summed E-state index contributed by atoms with van der Waals surface area (Å²) in [5.41, 5.74) is 1.97. The van der Waals surface area contributed by atoms with Gasteiger partial charge >= 0.3 is 0 Å². The van der Waals surface area contributed by atoms with Gasteiger partial charge in [-0.1, -0.05) is 36.8 Å². The van der Waals surface area contributed by atoms with E-state index in [1.54, 1.807) is 0 Å². The molecule has 0 fully saturated rings. The van der Waals surface area contributed by atoms with Gasteiger partial charge in [-0.15, -0.1) is 11.6 Å². The summed E-state index contributed by atoms with van der Waals surface area (Å²) in [6.07, 6.45) is 1.57. The van der Waals surface area contributed by atoms with Gasteiger partial charge in [-0.2, -0.15) is 0 Å². The van der Waals surface area contributed by atoms with Crippen LogP contribution in [0.15, 0.2) is 24.3 Å². The summed E-state index contributed by atoms with van der Waals surface area (Å²) in [7, 11) is -3.01. The van der Waals surface area contributed by atoms with Crippen LogP contribution in [0.1, 0.15) is 30.9 Å². The van der Waals surface area contributed by atoms with Crippen LogP contribution in [-0.4, -0.2) is 20.1 Å². The van der Waals surface area contributed by atoms with Crippen molar-refractivity contribution in [1.29, 1.82) is 0 Å². The van der Waals surface area contributed by atoms with Gasteiger partial charge in [-0.25, -0.2) is 8.42 Å². The summed E-state index contributed by atoms with van der Waals surface area (Å²) in [4.78, 5) is 0. The Kier molecular flexibility index (Phi) is 6.16. The highest BCUT2D eigenvalue weighted by atomic mass is 35.5. The van der Waals surface area contributed by atoms with E-state index in [0.29, 0.717) is 18.2 Å². The Morgan fingerprint density at radius 3 is 2.61 bits per heavy atom. The third-order valence-electron chi connectivity index (χ3n) is 2.99. The molecule has 1 aromatic carbocycles. The monoisotopic (exact) mass is 288 g/mol. The van der Waals surface area contributed by atoms with Crippen LogP contribution in [0.2, 0.25) is 0 Å². The second-order valence-corrected chi connectivity index (χ2v) is 7.51. The van der Waals surface area contributed by atoms with Crippen molar-refractivity contribution in [1.82, 2.24) is 0 Å². The fourth-order valence-electron chi connectivity index (χ4n) is 1.84. The van der Waals surface area contributed by atoms with Gasteiger partial charge in [0.1, 0.15) is 0 Å². The first-order valence-corrected chi connectivity index (χ1v) is 8.60. The van der Waals surface area contributed by atoms with Crippen LogP contribution in [0.5, 0.6) is 0 Å². The standard InChI is InChI=1S/C14H21ClO2S/c1-12(6-8-15)7-9-18(16,17)11-14-5-3-4-13(2)10-14/h3-5,10,12H,6-9,11H2,1-2H3. The molecule has 0 heterocycles. The highest BCUT2D eigenvalue weighted by Gasteiger charge is 2.14. The van der Waals surface area contributed by atoms with E-state index in [2.05, 4.69) is 0 Å². The lowest BCUT2D eigenvalue weighted by Crippen LogP contribution is -2.12. The first-order chi connectivity index (χ1) is 8.43. The molecule has 18 heavy (non-hydrogen) atoms. The van der Waals surface area contributed by atoms with E-state index in [0.717, 1.165) is 17.5 Å². The minimum atomic E-state index is -3.01. The minimum Gasteiger partial charge on any atom is -0.228 e. The molecular formula is C14H21ClO2S. The molecule has 0 radical (unpaired) electrons. The number of hydrogen-bond acceptors (Lipinski definition) is 2. The fraction of sp³-hybridized carbons (Fsp3) is 0.571. The average Bonchev–Trinajstić information content (AvgIpc) is 2.26. The Balaban J connectivity index is 2.54. The molecule has 0 saturated carbocycles. The molecule has 0 saturated heterocycles. The predicted molar refractivity (Wildman–Crippen MR) is 77.8 cm³/mol. The quantitative estimate of drug-likeness (QED) is 0.719. The van der Waals surface area contributed by atoms with Crippen molar-refractivity contribution < 1.29 is 8.42 Å². The molecule has 0 aliphatic carbocycles. The van der Waals surface area contributed by atoms with Crippen molar-refractivity contribution in [3.63, 3.8) is 0 Å². The van der Waals surface area contributed by atoms with Crippen LogP contribution in [-0.2, 0) is 15.6 Å². The van der Waals surface area contributed by atoms with Gasteiger partial charge < -0.3 is 0 Å². The van der Waals surface area contributed by atoms with E-state index in [9.17, 15) is 8.42 Å². The largest absolute Gasteiger partial charge is 0.228 e. The van der Waals surface area contributed by atoms with E-state index >= 15 is 0 Å². The Morgan fingerprint density at radius 2 is 2.00 bits per heavy atom. The molecular weight excluding hydrogens is 268 g/mol. The Bertz CT molecular complexity index is 468. The summed E-state index contributed by atoms with van der Waals surface area (Å²) in [5, 5.41) is 0. The fourth-order valence-corrected chi connectivity index (χ4v) is 3.81. The lowest BCUT2D eigenvalue weighted by Gasteiger charge is -2.10. The summed E-state index contributed by atoms with van der Waals surface area (Å²) in [5.74, 6) is 1.36. The Labute approximate surface area is 115 Å². The van der Waals surface area contributed by atoms with Gasteiger partial charge in [0.2, 0.25) is 0 Å². The molecule has 1 unspecified atom stereocenters. The van der Waals surface area contributed by atoms with E-state index in [1.807, 2.05) is 38.1 Å². The number of hydrogen-bond donors (Lipinski definition) is 0. The molecule has 0 bridgehead atoms. The third-order valence-corrected chi connectivity index (χ3v) is 4.84. The van der Waals surface area contributed by atoms with Crippen molar-refractivity contribution in [3.8, 4) is 0 Å². The van der Waals surface area contributed by atoms with Crippen molar-refractivity contribution in [2.75, 3.05) is 11.6 Å². The molecule has 102 valence electrons. The number of benzene rings is 1. The zero-order chi connectivity index (χ0) is 13.6. The van der Waals surface area contributed by atoms with Gasteiger partial charge in [0.05, 0.1) is 11.5 Å². The average molecular weight is 289 g/mol. The molecule has 1 atom stereocenters. The molecule has 1 aromatic rings. The Hall–Kier alpha value is -0.540. The summed E-state index contributed by atoms with van der Waals surface area (Å²) in [6, 6.07) is 7.67. The molecule has 1 rings (SSSR count). The smallest absolute Gasteiger partial charge is 0.154 e. The maximum atomic E-state index is 12.0. The summed E-state index contributed by atoms with van der Waals surface area (Å²) < 4.78 is 24.0. The van der Waals surface area contributed by atoms with Crippen LogP contribution in [0.25, 0.3) is 0 Å². The zero-order valence-electron chi connectivity index (χ0n) is 11.0. The highest BCUT2D eigenvalue weighted by Crippen LogP contribution is 2.14. The van der Waals surface area contributed by atoms with E-state index in [1.165, 1.54) is 0 Å². The van der Waals surface area contributed by atoms with Crippen LogP contribution < -0.4 is 0 Å². The maximum absolute atomic E-state index is 12.0. The number of rotatable bonds is 7. The highest BCUT2D eigenvalue weighted by molar-refractivity contribution is 7.90. The number of alkyl halides is 1. The number of sulfone groups is 1. The van der Waals surface area contributed by atoms with Crippen molar-refractivity contribution in [2.45, 2.75) is 32.4 Å². The van der Waals surface area contributed by atoms with Gasteiger partial charge in [0, 0.05) is 5.88 Å². The van der Waals surface area contributed by atoms with Crippen molar-refractivity contribution >= 4 is 21.4 Å². The van der Waals surface area contributed by atoms with Gasteiger partial charge in [-0.05, 0) is 31.2 Å². The van der Waals surface area contributed by atoms with E-state index < -0.39 is 9.84 Å². The molecule has 0 aliphatic rings. The lowest BCUT2D eigenvalue weighted by atomic mass is 10.1. The third kappa shape index (κ3) is 5.87. The topological polar surface area (TPSA) is 34.1 Å². The summed E-state index contributed by atoms with van der Waals surface area (Å²) >= 11 is 5.64.